The fraction of sp³-hybridized carbons (Fsp3) is 0.571. The molecule has 0 bridgehead atoms. The summed E-state index contributed by atoms with van der Waals surface area (Å²) in [5.74, 6) is 0. The minimum Gasteiger partial charge on any atom is -0.399 e. The predicted molar refractivity (Wildman–Crippen MR) is 74.4 cm³/mol. The van der Waals surface area contributed by atoms with Crippen LogP contribution in [0.5, 0.6) is 0 Å². The van der Waals surface area contributed by atoms with E-state index in [0.29, 0.717) is 6.61 Å². The summed E-state index contributed by atoms with van der Waals surface area (Å²) in [5.41, 5.74) is 7.62. The minimum absolute atomic E-state index is 0.675. The van der Waals surface area contributed by atoms with Gasteiger partial charge in [0.05, 0.1) is 13.2 Å². The molecule has 0 radical (unpaired) electrons. The van der Waals surface area contributed by atoms with Gasteiger partial charge >= 0.3 is 0 Å². The van der Waals surface area contributed by atoms with Crippen molar-refractivity contribution in [3.8, 4) is 0 Å². The van der Waals surface area contributed by atoms with Gasteiger partial charge in [-0.2, -0.15) is 0 Å². The van der Waals surface area contributed by atoms with E-state index in [1.807, 2.05) is 24.3 Å². The van der Waals surface area contributed by atoms with E-state index in [1.165, 1.54) is 5.56 Å². The van der Waals surface area contributed by atoms with E-state index in [1.54, 1.807) is 0 Å². The van der Waals surface area contributed by atoms with Crippen molar-refractivity contribution in [1.29, 1.82) is 0 Å². The van der Waals surface area contributed by atoms with Crippen molar-refractivity contribution in [3.05, 3.63) is 29.8 Å². The van der Waals surface area contributed by atoms with Gasteiger partial charge in [-0.15, -0.1) is 0 Å². The molecule has 1 aromatic rings. The van der Waals surface area contributed by atoms with Crippen LogP contribution in [0, 0.1) is 0 Å². The van der Waals surface area contributed by atoms with Crippen molar-refractivity contribution in [2.75, 3.05) is 52.1 Å². The Balaban J connectivity index is 1.60. The topological polar surface area (TPSA) is 41.7 Å². The summed E-state index contributed by atoms with van der Waals surface area (Å²) >= 11 is 0. The molecule has 0 aromatic heterocycles. The SMILES string of the molecule is CN1CCN(CCOCc2ccc(N)cc2)CC1. The average molecular weight is 249 g/mol. The molecule has 4 nitrogen and oxygen atoms in total. The molecule has 18 heavy (non-hydrogen) atoms. The molecule has 0 saturated carbocycles. The summed E-state index contributed by atoms with van der Waals surface area (Å²) in [5, 5.41) is 0. The van der Waals surface area contributed by atoms with Gasteiger partial charge in [-0.1, -0.05) is 12.1 Å². The van der Waals surface area contributed by atoms with Crippen LogP contribution in [-0.2, 0) is 11.3 Å². The molecule has 100 valence electrons. The van der Waals surface area contributed by atoms with Gasteiger partial charge in [-0.3, -0.25) is 4.90 Å². The van der Waals surface area contributed by atoms with Crippen LogP contribution in [0.4, 0.5) is 5.69 Å². The number of nitrogens with zero attached hydrogens (tertiary/aromatic N) is 2. The zero-order chi connectivity index (χ0) is 12.8. The third-order valence-corrected chi connectivity index (χ3v) is 3.40. The lowest BCUT2D eigenvalue weighted by Gasteiger charge is -2.32. The van der Waals surface area contributed by atoms with Crippen molar-refractivity contribution >= 4 is 5.69 Å². The van der Waals surface area contributed by atoms with Gasteiger partial charge in [0.15, 0.2) is 0 Å². The van der Waals surface area contributed by atoms with E-state index in [9.17, 15) is 0 Å². The Labute approximate surface area is 109 Å². The standard InChI is InChI=1S/C14H23N3O/c1-16-6-8-17(9-7-16)10-11-18-12-13-2-4-14(15)5-3-13/h2-5H,6-12,15H2,1H3. The highest BCUT2D eigenvalue weighted by Gasteiger charge is 2.12. The number of ether oxygens (including phenoxy) is 1. The Hall–Kier alpha value is -1.10. The summed E-state index contributed by atoms with van der Waals surface area (Å²) < 4.78 is 5.69. The first-order valence-electron chi connectivity index (χ1n) is 6.57. The van der Waals surface area contributed by atoms with E-state index < -0.39 is 0 Å². The van der Waals surface area contributed by atoms with Crippen LogP contribution in [-0.4, -0.2) is 56.2 Å². The summed E-state index contributed by atoms with van der Waals surface area (Å²) in [4.78, 5) is 4.83. The highest BCUT2D eigenvalue weighted by molar-refractivity contribution is 5.39. The molecular formula is C14H23N3O. The Bertz CT molecular complexity index is 345. The van der Waals surface area contributed by atoms with E-state index in [4.69, 9.17) is 10.5 Å². The molecule has 2 N–H and O–H groups in total. The number of nitrogens with two attached hydrogens (primary N) is 1. The summed E-state index contributed by atoms with van der Waals surface area (Å²) in [6.07, 6.45) is 0. The number of rotatable bonds is 5. The van der Waals surface area contributed by atoms with Crippen LogP contribution in [0.2, 0.25) is 0 Å². The molecule has 1 aliphatic heterocycles. The molecule has 0 amide bonds. The molecule has 0 atom stereocenters. The van der Waals surface area contributed by atoms with Gasteiger partial charge in [0.25, 0.3) is 0 Å². The largest absolute Gasteiger partial charge is 0.399 e. The molecule has 1 aliphatic rings. The van der Waals surface area contributed by atoms with E-state index in [0.717, 1.165) is 45.0 Å². The zero-order valence-corrected chi connectivity index (χ0v) is 11.1. The number of nitrogen functional groups attached to an aromatic ring is 1. The summed E-state index contributed by atoms with van der Waals surface area (Å²) in [6, 6.07) is 7.87. The maximum atomic E-state index is 5.69. The smallest absolute Gasteiger partial charge is 0.0717 e. The van der Waals surface area contributed by atoms with Gasteiger partial charge in [0.1, 0.15) is 0 Å². The lowest BCUT2D eigenvalue weighted by Crippen LogP contribution is -2.45. The Kier molecular flexibility index (Phi) is 4.99. The Morgan fingerprint density at radius 1 is 1.11 bits per heavy atom. The number of likely N-dealkylation sites (N-methyl/N-ethyl adjacent to an activating group) is 1. The predicted octanol–water partition coefficient (Wildman–Crippen LogP) is 1.03. The van der Waals surface area contributed by atoms with Crippen LogP contribution < -0.4 is 5.73 Å². The Morgan fingerprint density at radius 2 is 1.78 bits per heavy atom. The second kappa shape index (κ2) is 6.73. The monoisotopic (exact) mass is 249 g/mol. The fourth-order valence-corrected chi connectivity index (χ4v) is 2.07. The van der Waals surface area contributed by atoms with Gasteiger partial charge in [-0.05, 0) is 24.7 Å². The lowest BCUT2D eigenvalue weighted by molar-refractivity contribution is 0.0738. The molecule has 0 aliphatic carbocycles. The van der Waals surface area contributed by atoms with Gasteiger partial charge in [0.2, 0.25) is 0 Å². The van der Waals surface area contributed by atoms with Crippen LogP contribution in [0.15, 0.2) is 24.3 Å². The molecule has 1 aromatic carbocycles. The van der Waals surface area contributed by atoms with Crippen LogP contribution in [0.3, 0.4) is 0 Å². The molecule has 1 heterocycles. The van der Waals surface area contributed by atoms with Gasteiger partial charge in [-0.25, -0.2) is 0 Å². The number of piperazine rings is 1. The van der Waals surface area contributed by atoms with E-state index >= 15 is 0 Å². The van der Waals surface area contributed by atoms with Gasteiger partial charge in [0, 0.05) is 38.4 Å². The molecule has 4 heteroatoms. The number of anilines is 1. The van der Waals surface area contributed by atoms with Gasteiger partial charge < -0.3 is 15.4 Å². The quantitative estimate of drug-likeness (QED) is 0.625. The first-order chi connectivity index (χ1) is 8.74. The van der Waals surface area contributed by atoms with E-state index in [2.05, 4.69) is 16.8 Å². The number of hydrogen-bond donors (Lipinski definition) is 1. The Morgan fingerprint density at radius 3 is 2.44 bits per heavy atom. The molecular weight excluding hydrogens is 226 g/mol. The van der Waals surface area contributed by atoms with Crippen LogP contribution >= 0.6 is 0 Å². The van der Waals surface area contributed by atoms with Crippen molar-refractivity contribution in [3.63, 3.8) is 0 Å². The highest BCUT2D eigenvalue weighted by atomic mass is 16.5. The molecule has 0 spiro atoms. The lowest BCUT2D eigenvalue weighted by atomic mass is 10.2. The molecule has 1 fully saturated rings. The maximum absolute atomic E-state index is 5.69. The van der Waals surface area contributed by atoms with E-state index in [-0.39, 0.29) is 0 Å². The fourth-order valence-electron chi connectivity index (χ4n) is 2.07. The molecule has 2 rings (SSSR count). The second-order valence-corrected chi connectivity index (χ2v) is 4.94. The number of hydrogen-bond acceptors (Lipinski definition) is 4. The first kappa shape index (κ1) is 13.3. The number of benzene rings is 1. The normalized spacial score (nSPS) is 18.1. The summed E-state index contributed by atoms with van der Waals surface area (Å²) in [6.45, 7) is 7.14. The van der Waals surface area contributed by atoms with Crippen LogP contribution in [0.1, 0.15) is 5.56 Å². The minimum atomic E-state index is 0.675. The van der Waals surface area contributed by atoms with Crippen molar-refractivity contribution in [1.82, 2.24) is 9.80 Å². The summed E-state index contributed by atoms with van der Waals surface area (Å²) in [7, 11) is 2.18. The van der Waals surface area contributed by atoms with Crippen molar-refractivity contribution in [2.24, 2.45) is 0 Å². The van der Waals surface area contributed by atoms with Crippen molar-refractivity contribution < 1.29 is 4.74 Å². The maximum Gasteiger partial charge on any atom is 0.0717 e. The average Bonchev–Trinajstić information content (AvgIpc) is 2.39. The van der Waals surface area contributed by atoms with Crippen molar-refractivity contribution in [2.45, 2.75) is 6.61 Å². The first-order valence-corrected chi connectivity index (χ1v) is 6.57. The third kappa shape index (κ3) is 4.29. The second-order valence-electron chi connectivity index (χ2n) is 4.94. The molecule has 0 unspecified atom stereocenters. The zero-order valence-electron chi connectivity index (χ0n) is 11.1. The molecule has 1 saturated heterocycles. The third-order valence-electron chi connectivity index (χ3n) is 3.40. The highest BCUT2D eigenvalue weighted by Crippen LogP contribution is 2.06. The van der Waals surface area contributed by atoms with Crippen LogP contribution in [0.25, 0.3) is 0 Å².